The smallest absolute Gasteiger partial charge is 0.411 e. The van der Waals surface area contributed by atoms with Crippen LogP contribution in [0.1, 0.15) is 65.5 Å². The molecule has 0 radical (unpaired) electrons. The quantitative estimate of drug-likeness (QED) is 0.783. The van der Waals surface area contributed by atoms with E-state index in [1.807, 2.05) is 58.9 Å². The second-order valence-electron chi connectivity index (χ2n) is 9.30. The van der Waals surface area contributed by atoms with Crippen LogP contribution < -0.4 is 5.32 Å². The summed E-state index contributed by atoms with van der Waals surface area (Å²) in [6, 6.07) is 8.85. The van der Waals surface area contributed by atoms with Crippen molar-refractivity contribution < 1.29 is 14.3 Å². The minimum atomic E-state index is -0.658. The fourth-order valence-electron chi connectivity index (χ4n) is 3.88. The summed E-state index contributed by atoms with van der Waals surface area (Å²) in [5.74, 6) is -0.312. The van der Waals surface area contributed by atoms with Crippen molar-refractivity contribution in [2.24, 2.45) is 5.92 Å². The highest BCUT2D eigenvalue weighted by atomic mass is 16.6. The number of hydrogen-bond acceptors (Lipinski definition) is 4. The molecule has 1 aliphatic heterocycles. The SMILES string of the molecule is CCc1ccc(C[C@@H](C#N)NC(=O)[C@@H]2[C@H](C)CC[C@H](C)N2C(=O)OC(C)(C)C)cc1. The van der Waals surface area contributed by atoms with E-state index in [4.69, 9.17) is 4.74 Å². The minimum absolute atomic E-state index is 0.0168. The molecule has 2 rings (SSSR count). The molecule has 0 saturated carbocycles. The number of hydrogen-bond donors (Lipinski definition) is 1. The first-order chi connectivity index (χ1) is 14.1. The van der Waals surface area contributed by atoms with Gasteiger partial charge in [0, 0.05) is 12.5 Å². The monoisotopic (exact) mass is 413 g/mol. The van der Waals surface area contributed by atoms with Crippen molar-refractivity contribution in [1.29, 1.82) is 5.26 Å². The number of aryl methyl sites for hydroxylation is 1. The van der Waals surface area contributed by atoms with E-state index in [1.54, 1.807) is 4.90 Å². The molecule has 0 aliphatic carbocycles. The van der Waals surface area contributed by atoms with Gasteiger partial charge in [-0.1, -0.05) is 38.1 Å². The molecule has 0 aromatic heterocycles. The third-order valence-electron chi connectivity index (χ3n) is 5.57. The van der Waals surface area contributed by atoms with Gasteiger partial charge < -0.3 is 10.1 Å². The second kappa shape index (κ2) is 9.97. The maximum atomic E-state index is 13.2. The van der Waals surface area contributed by atoms with Crippen LogP contribution in [0.25, 0.3) is 0 Å². The van der Waals surface area contributed by atoms with E-state index in [-0.39, 0.29) is 17.9 Å². The van der Waals surface area contributed by atoms with Crippen LogP contribution in [0.4, 0.5) is 4.79 Å². The van der Waals surface area contributed by atoms with Gasteiger partial charge in [-0.2, -0.15) is 5.26 Å². The van der Waals surface area contributed by atoms with Crippen LogP contribution in [0.15, 0.2) is 24.3 Å². The van der Waals surface area contributed by atoms with Crippen LogP contribution in [-0.2, 0) is 22.4 Å². The van der Waals surface area contributed by atoms with Crippen molar-refractivity contribution in [3.63, 3.8) is 0 Å². The van der Waals surface area contributed by atoms with E-state index in [9.17, 15) is 14.9 Å². The zero-order chi connectivity index (χ0) is 22.5. The maximum Gasteiger partial charge on any atom is 0.411 e. The largest absolute Gasteiger partial charge is 0.444 e. The molecule has 0 bridgehead atoms. The Labute approximate surface area is 180 Å². The molecule has 0 spiro atoms. The number of piperidine rings is 1. The van der Waals surface area contributed by atoms with Gasteiger partial charge in [-0.3, -0.25) is 9.69 Å². The van der Waals surface area contributed by atoms with Crippen molar-refractivity contribution in [3.05, 3.63) is 35.4 Å². The number of nitriles is 1. The number of rotatable bonds is 5. The summed E-state index contributed by atoms with van der Waals surface area (Å²) in [6.07, 6.45) is 2.56. The van der Waals surface area contributed by atoms with Crippen molar-refractivity contribution >= 4 is 12.0 Å². The molecule has 6 nitrogen and oxygen atoms in total. The Balaban J connectivity index is 2.14. The van der Waals surface area contributed by atoms with Gasteiger partial charge in [-0.25, -0.2) is 4.79 Å². The van der Waals surface area contributed by atoms with Crippen LogP contribution >= 0.6 is 0 Å². The summed E-state index contributed by atoms with van der Waals surface area (Å²) in [6.45, 7) is 11.4. The van der Waals surface area contributed by atoms with Crippen LogP contribution in [-0.4, -0.2) is 40.6 Å². The fraction of sp³-hybridized carbons (Fsp3) is 0.625. The van der Waals surface area contributed by atoms with Crippen LogP contribution in [0.3, 0.4) is 0 Å². The van der Waals surface area contributed by atoms with Crippen molar-refractivity contribution in [2.45, 2.75) is 91.0 Å². The van der Waals surface area contributed by atoms with E-state index in [2.05, 4.69) is 18.3 Å². The molecular weight excluding hydrogens is 378 g/mol. The Hall–Kier alpha value is -2.55. The lowest BCUT2D eigenvalue weighted by atomic mass is 9.86. The second-order valence-corrected chi connectivity index (χ2v) is 9.30. The number of nitrogens with zero attached hydrogens (tertiary/aromatic N) is 2. The van der Waals surface area contributed by atoms with E-state index < -0.39 is 23.8 Å². The highest BCUT2D eigenvalue weighted by Crippen LogP contribution is 2.30. The van der Waals surface area contributed by atoms with Crippen molar-refractivity contribution in [1.82, 2.24) is 10.2 Å². The Morgan fingerprint density at radius 2 is 1.80 bits per heavy atom. The van der Waals surface area contributed by atoms with Gasteiger partial charge in [-0.15, -0.1) is 0 Å². The molecule has 1 aromatic rings. The Morgan fingerprint density at radius 3 is 2.33 bits per heavy atom. The number of ether oxygens (including phenoxy) is 1. The van der Waals surface area contributed by atoms with Gasteiger partial charge in [0.25, 0.3) is 0 Å². The predicted octanol–water partition coefficient (Wildman–Crippen LogP) is 4.22. The molecule has 1 aliphatic rings. The predicted molar refractivity (Wildman–Crippen MR) is 117 cm³/mol. The Morgan fingerprint density at radius 1 is 1.20 bits per heavy atom. The molecule has 1 fully saturated rings. The summed E-state index contributed by atoms with van der Waals surface area (Å²) < 4.78 is 5.57. The van der Waals surface area contributed by atoms with Crippen molar-refractivity contribution in [3.8, 4) is 6.07 Å². The molecule has 164 valence electrons. The Kier molecular flexibility index (Phi) is 7.89. The third kappa shape index (κ3) is 6.22. The Bertz CT molecular complexity index is 776. The van der Waals surface area contributed by atoms with Gasteiger partial charge in [0.05, 0.1) is 6.07 Å². The average molecular weight is 414 g/mol. The third-order valence-corrected chi connectivity index (χ3v) is 5.57. The summed E-state index contributed by atoms with van der Waals surface area (Å²) >= 11 is 0. The molecule has 4 atom stereocenters. The normalized spacial score (nSPS) is 22.7. The van der Waals surface area contributed by atoms with Gasteiger partial charge >= 0.3 is 6.09 Å². The fourth-order valence-corrected chi connectivity index (χ4v) is 3.88. The zero-order valence-electron chi connectivity index (χ0n) is 19.1. The highest BCUT2D eigenvalue weighted by molar-refractivity contribution is 5.87. The lowest BCUT2D eigenvalue weighted by Gasteiger charge is -2.43. The van der Waals surface area contributed by atoms with E-state index in [1.165, 1.54) is 5.56 Å². The van der Waals surface area contributed by atoms with E-state index in [0.717, 1.165) is 24.8 Å². The van der Waals surface area contributed by atoms with E-state index >= 15 is 0 Å². The standard InChI is InChI=1S/C24H35N3O3/c1-7-18-10-12-19(13-11-18)14-20(15-25)26-22(28)21-16(2)8-9-17(3)27(21)23(29)30-24(4,5)6/h10-13,16-17,20-21H,7-9,14H2,1-6H3,(H,26,28)/t16-,17+,20+,21+/m1/s1. The highest BCUT2D eigenvalue weighted by Gasteiger charge is 2.42. The lowest BCUT2D eigenvalue weighted by Crippen LogP contribution is -2.60. The first kappa shape index (κ1) is 23.7. The summed E-state index contributed by atoms with van der Waals surface area (Å²) in [5.41, 5.74) is 1.58. The molecule has 30 heavy (non-hydrogen) atoms. The number of likely N-dealkylation sites (tertiary alicyclic amines) is 1. The first-order valence-corrected chi connectivity index (χ1v) is 10.8. The molecule has 6 heteroatoms. The lowest BCUT2D eigenvalue weighted by molar-refractivity contribution is -0.131. The number of amides is 2. The van der Waals surface area contributed by atoms with Crippen LogP contribution in [0.2, 0.25) is 0 Å². The summed E-state index contributed by atoms with van der Waals surface area (Å²) in [7, 11) is 0. The number of nitrogens with one attached hydrogen (secondary N) is 1. The summed E-state index contributed by atoms with van der Waals surface area (Å²) in [5, 5.41) is 12.5. The average Bonchev–Trinajstić information content (AvgIpc) is 2.67. The van der Waals surface area contributed by atoms with E-state index in [0.29, 0.717) is 6.42 Å². The zero-order valence-corrected chi connectivity index (χ0v) is 19.1. The molecule has 2 amide bonds. The minimum Gasteiger partial charge on any atom is -0.444 e. The molecule has 0 unspecified atom stereocenters. The van der Waals surface area contributed by atoms with Crippen molar-refractivity contribution in [2.75, 3.05) is 0 Å². The maximum absolute atomic E-state index is 13.2. The van der Waals surface area contributed by atoms with Gasteiger partial charge in [0.1, 0.15) is 17.7 Å². The van der Waals surface area contributed by atoms with Crippen LogP contribution in [0, 0.1) is 17.2 Å². The molecule has 1 aromatic carbocycles. The molecule has 1 N–H and O–H groups in total. The van der Waals surface area contributed by atoms with Gasteiger partial charge in [0.15, 0.2) is 0 Å². The van der Waals surface area contributed by atoms with Gasteiger partial charge in [0.2, 0.25) is 5.91 Å². The summed E-state index contributed by atoms with van der Waals surface area (Å²) in [4.78, 5) is 27.6. The van der Waals surface area contributed by atoms with Gasteiger partial charge in [-0.05, 0) is 64.0 Å². The first-order valence-electron chi connectivity index (χ1n) is 10.8. The molecule has 1 heterocycles. The molecular formula is C24H35N3O3. The van der Waals surface area contributed by atoms with Crippen LogP contribution in [0.5, 0.6) is 0 Å². The molecule has 1 saturated heterocycles. The topological polar surface area (TPSA) is 82.4 Å². The number of carbonyl (C=O) groups excluding carboxylic acids is 2. The number of benzene rings is 1. The number of carbonyl (C=O) groups is 2.